The largest absolute Gasteiger partial charge is 0.319 e. The maximum absolute atomic E-state index is 3.33. The summed E-state index contributed by atoms with van der Waals surface area (Å²) in [5.74, 6) is 0.898. The van der Waals surface area contributed by atoms with E-state index in [1.54, 1.807) is 0 Å². The number of likely N-dealkylation sites (tertiary alicyclic amines) is 1. The Morgan fingerprint density at radius 2 is 2.06 bits per heavy atom. The third kappa shape index (κ3) is 2.93. The lowest BCUT2D eigenvalue weighted by atomic mass is 9.94. The molecular formula is C13H26N2S. The minimum absolute atomic E-state index is 0.880. The summed E-state index contributed by atoms with van der Waals surface area (Å²) in [6.45, 7) is 3.88. The molecule has 0 aromatic rings. The van der Waals surface area contributed by atoms with Crippen LogP contribution in [0, 0.1) is 5.92 Å². The molecule has 1 heterocycles. The first-order valence-electron chi connectivity index (χ1n) is 6.76. The molecule has 1 aliphatic carbocycles. The number of thioether (sulfide) groups is 1. The first-order chi connectivity index (χ1) is 7.85. The molecule has 1 saturated heterocycles. The normalized spacial score (nSPS) is 36.8. The summed E-state index contributed by atoms with van der Waals surface area (Å²) >= 11 is 2.10. The van der Waals surface area contributed by atoms with Crippen LogP contribution in [-0.4, -0.2) is 49.1 Å². The molecule has 0 aromatic carbocycles. The lowest BCUT2D eigenvalue weighted by Gasteiger charge is -2.37. The van der Waals surface area contributed by atoms with Gasteiger partial charge in [0.05, 0.1) is 0 Å². The zero-order chi connectivity index (χ0) is 11.4. The van der Waals surface area contributed by atoms with E-state index < -0.39 is 0 Å². The van der Waals surface area contributed by atoms with Crippen LogP contribution in [-0.2, 0) is 0 Å². The topological polar surface area (TPSA) is 15.3 Å². The van der Waals surface area contributed by atoms with Crippen LogP contribution in [0.2, 0.25) is 0 Å². The first-order valence-corrected chi connectivity index (χ1v) is 8.05. The predicted molar refractivity (Wildman–Crippen MR) is 73.2 cm³/mol. The molecule has 16 heavy (non-hydrogen) atoms. The van der Waals surface area contributed by atoms with E-state index in [0.717, 1.165) is 17.2 Å². The molecule has 3 atom stereocenters. The number of hydrogen-bond donors (Lipinski definition) is 1. The molecule has 3 heteroatoms. The average molecular weight is 242 g/mol. The summed E-state index contributed by atoms with van der Waals surface area (Å²) in [5, 5.41) is 4.23. The Bertz CT molecular complexity index is 210. The minimum atomic E-state index is 0.880. The molecule has 2 aliphatic rings. The Labute approximate surface area is 105 Å². The van der Waals surface area contributed by atoms with Gasteiger partial charge in [-0.15, -0.1) is 0 Å². The highest BCUT2D eigenvalue weighted by Crippen LogP contribution is 2.33. The highest BCUT2D eigenvalue weighted by Gasteiger charge is 2.33. The van der Waals surface area contributed by atoms with Crippen molar-refractivity contribution in [3.63, 3.8) is 0 Å². The summed E-state index contributed by atoms with van der Waals surface area (Å²) < 4.78 is 0. The molecule has 2 nitrogen and oxygen atoms in total. The Morgan fingerprint density at radius 3 is 2.81 bits per heavy atom. The summed E-state index contributed by atoms with van der Waals surface area (Å²) in [4.78, 5) is 2.78. The fourth-order valence-electron chi connectivity index (χ4n) is 3.39. The van der Waals surface area contributed by atoms with Gasteiger partial charge >= 0.3 is 0 Å². The lowest BCUT2D eigenvalue weighted by Crippen LogP contribution is -2.43. The highest BCUT2D eigenvalue weighted by atomic mass is 32.2. The molecule has 94 valence electrons. The van der Waals surface area contributed by atoms with E-state index in [1.807, 2.05) is 0 Å². The van der Waals surface area contributed by atoms with Crippen molar-refractivity contribution in [1.82, 2.24) is 10.2 Å². The molecule has 0 spiro atoms. The van der Waals surface area contributed by atoms with Gasteiger partial charge in [0.2, 0.25) is 0 Å². The van der Waals surface area contributed by atoms with Crippen LogP contribution in [0.4, 0.5) is 0 Å². The predicted octanol–water partition coefficient (Wildman–Crippen LogP) is 2.20. The van der Waals surface area contributed by atoms with Gasteiger partial charge in [0, 0.05) is 17.8 Å². The number of hydrogen-bond acceptors (Lipinski definition) is 3. The van der Waals surface area contributed by atoms with Crippen LogP contribution < -0.4 is 5.32 Å². The summed E-state index contributed by atoms with van der Waals surface area (Å²) in [6, 6.07) is 0.880. The fraction of sp³-hybridized carbons (Fsp3) is 1.00. The third-order valence-electron chi connectivity index (χ3n) is 4.25. The zero-order valence-corrected chi connectivity index (χ0v) is 11.6. The molecule has 2 rings (SSSR count). The van der Waals surface area contributed by atoms with Crippen molar-refractivity contribution in [2.24, 2.45) is 5.92 Å². The van der Waals surface area contributed by atoms with Crippen molar-refractivity contribution in [3.8, 4) is 0 Å². The van der Waals surface area contributed by atoms with E-state index in [4.69, 9.17) is 0 Å². The Balaban J connectivity index is 1.86. The van der Waals surface area contributed by atoms with Crippen LogP contribution >= 0.6 is 11.8 Å². The van der Waals surface area contributed by atoms with E-state index in [1.165, 1.54) is 51.7 Å². The van der Waals surface area contributed by atoms with Crippen molar-refractivity contribution < 1.29 is 0 Å². The first kappa shape index (κ1) is 12.7. The van der Waals surface area contributed by atoms with Gasteiger partial charge in [0.25, 0.3) is 0 Å². The highest BCUT2D eigenvalue weighted by molar-refractivity contribution is 7.99. The van der Waals surface area contributed by atoms with Crippen LogP contribution in [0.1, 0.15) is 32.1 Å². The second-order valence-electron chi connectivity index (χ2n) is 5.33. The molecule has 1 N–H and O–H groups in total. The quantitative estimate of drug-likeness (QED) is 0.814. The summed E-state index contributed by atoms with van der Waals surface area (Å²) in [5.41, 5.74) is 0. The molecule has 3 unspecified atom stereocenters. The molecule has 0 bridgehead atoms. The van der Waals surface area contributed by atoms with Gasteiger partial charge in [-0.1, -0.05) is 12.8 Å². The van der Waals surface area contributed by atoms with Crippen LogP contribution in [0.25, 0.3) is 0 Å². The van der Waals surface area contributed by atoms with E-state index in [-0.39, 0.29) is 0 Å². The second-order valence-corrected chi connectivity index (χ2v) is 6.41. The van der Waals surface area contributed by atoms with E-state index in [0.29, 0.717) is 0 Å². The van der Waals surface area contributed by atoms with E-state index >= 15 is 0 Å². The van der Waals surface area contributed by atoms with Crippen LogP contribution in [0.3, 0.4) is 0 Å². The van der Waals surface area contributed by atoms with Crippen molar-refractivity contribution in [1.29, 1.82) is 0 Å². The maximum Gasteiger partial charge on any atom is 0.0214 e. The van der Waals surface area contributed by atoms with Gasteiger partial charge in [-0.2, -0.15) is 11.8 Å². The molecule has 0 aromatic heterocycles. The summed E-state index contributed by atoms with van der Waals surface area (Å²) in [7, 11) is 2.08. The van der Waals surface area contributed by atoms with Gasteiger partial charge in [-0.3, -0.25) is 4.90 Å². The Morgan fingerprint density at radius 1 is 1.25 bits per heavy atom. The van der Waals surface area contributed by atoms with E-state index in [2.05, 4.69) is 35.3 Å². The van der Waals surface area contributed by atoms with Gasteiger partial charge < -0.3 is 5.32 Å². The number of nitrogens with one attached hydrogen (secondary N) is 1. The van der Waals surface area contributed by atoms with Crippen LogP contribution in [0.5, 0.6) is 0 Å². The van der Waals surface area contributed by atoms with Gasteiger partial charge in [0.15, 0.2) is 0 Å². The maximum atomic E-state index is 3.33. The third-order valence-corrected chi connectivity index (χ3v) is 5.40. The minimum Gasteiger partial charge on any atom is -0.319 e. The van der Waals surface area contributed by atoms with E-state index in [9.17, 15) is 0 Å². The molecule has 2 fully saturated rings. The van der Waals surface area contributed by atoms with Crippen molar-refractivity contribution in [3.05, 3.63) is 0 Å². The van der Waals surface area contributed by atoms with Crippen molar-refractivity contribution >= 4 is 11.8 Å². The Kier molecular flexibility index (Phi) is 4.98. The summed E-state index contributed by atoms with van der Waals surface area (Å²) in [6.07, 6.45) is 9.49. The zero-order valence-electron chi connectivity index (χ0n) is 10.7. The number of nitrogens with zero attached hydrogens (tertiary/aromatic N) is 1. The molecular weight excluding hydrogens is 216 g/mol. The molecule has 0 radical (unpaired) electrons. The van der Waals surface area contributed by atoms with Crippen molar-refractivity contribution in [2.45, 2.75) is 43.4 Å². The average Bonchev–Trinajstić information content (AvgIpc) is 2.78. The number of rotatable bonds is 4. The standard InChI is InChI=1S/C13H26N2S/c1-14-9-11-7-8-15(10-11)12-5-3-4-6-13(12)16-2/h11-14H,3-10H2,1-2H3. The second kappa shape index (κ2) is 6.27. The van der Waals surface area contributed by atoms with Gasteiger partial charge in [0.1, 0.15) is 0 Å². The molecule has 1 saturated carbocycles. The smallest absolute Gasteiger partial charge is 0.0214 e. The lowest BCUT2D eigenvalue weighted by molar-refractivity contribution is 0.191. The fourth-order valence-corrected chi connectivity index (χ4v) is 4.41. The Hall–Kier alpha value is 0.270. The van der Waals surface area contributed by atoms with Crippen LogP contribution in [0.15, 0.2) is 0 Å². The molecule has 1 aliphatic heterocycles. The molecule has 0 amide bonds. The van der Waals surface area contributed by atoms with Gasteiger partial charge in [-0.05, 0) is 51.6 Å². The van der Waals surface area contributed by atoms with Gasteiger partial charge in [-0.25, -0.2) is 0 Å². The van der Waals surface area contributed by atoms with Crippen molar-refractivity contribution in [2.75, 3.05) is 32.9 Å². The monoisotopic (exact) mass is 242 g/mol. The SMILES string of the molecule is CNCC1CCN(C2CCCCC2SC)C1.